The van der Waals surface area contributed by atoms with Crippen molar-refractivity contribution in [2.24, 2.45) is 0 Å². The van der Waals surface area contributed by atoms with Gasteiger partial charge in [0.2, 0.25) is 0 Å². The van der Waals surface area contributed by atoms with Gasteiger partial charge in [-0.25, -0.2) is 9.97 Å². The highest BCUT2D eigenvalue weighted by molar-refractivity contribution is 7.16. The maximum absolute atomic E-state index is 14.9. The van der Waals surface area contributed by atoms with Crippen molar-refractivity contribution in [3.63, 3.8) is 0 Å². The number of Topliss-reactive ketones (excluding diaryl/α,β-unsaturated/α-hetero) is 1. The maximum atomic E-state index is 14.9. The SMILES string of the molecule is Nc1nc(-c2ccco2)c(C(C(=O)C(c2ccccc2)c2sc(N)nc2-c2ccco2)c2ccccc2)s1. The van der Waals surface area contributed by atoms with Gasteiger partial charge in [-0.3, -0.25) is 4.79 Å². The Hall–Kier alpha value is -4.47. The molecule has 0 spiro atoms. The standard InChI is InChI=1S/C29H22N4O3S2/c30-28-32-23(19-13-7-15-35-19)26(37-28)21(17-9-3-1-4-10-17)25(34)22(18-11-5-2-6-12-18)27-24(33-29(31)38-27)20-14-8-16-36-20/h1-16,21-22H,(H2,30,32)(H2,31,33). The van der Waals surface area contributed by atoms with E-state index in [9.17, 15) is 4.79 Å². The van der Waals surface area contributed by atoms with Crippen molar-refractivity contribution in [1.82, 2.24) is 9.97 Å². The van der Waals surface area contributed by atoms with E-state index in [1.807, 2.05) is 72.8 Å². The molecule has 0 aliphatic carbocycles. The summed E-state index contributed by atoms with van der Waals surface area (Å²) in [5, 5.41) is 0.712. The number of nitrogens with two attached hydrogens (primary N) is 2. The van der Waals surface area contributed by atoms with Crippen LogP contribution < -0.4 is 11.5 Å². The first-order valence-electron chi connectivity index (χ1n) is 11.8. The van der Waals surface area contributed by atoms with Gasteiger partial charge in [0.1, 0.15) is 11.4 Å². The van der Waals surface area contributed by atoms with Crippen molar-refractivity contribution in [2.45, 2.75) is 11.8 Å². The fourth-order valence-corrected chi connectivity index (χ4v) is 6.57. The number of nitrogen functional groups attached to an aromatic ring is 2. The third kappa shape index (κ3) is 4.42. The van der Waals surface area contributed by atoms with Crippen LogP contribution in [0.5, 0.6) is 0 Å². The molecule has 6 rings (SSSR count). The topological polar surface area (TPSA) is 121 Å². The minimum Gasteiger partial charge on any atom is -0.463 e. The highest BCUT2D eigenvalue weighted by Gasteiger charge is 2.38. The van der Waals surface area contributed by atoms with Crippen LogP contribution in [0.2, 0.25) is 0 Å². The van der Waals surface area contributed by atoms with Crippen molar-refractivity contribution >= 4 is 38.7 Å². The summed E-state index contributed by atoms with van der Waals surface area (Å²) in [5.41, 5.74) is 15.2. The summed E-state index contributed by atoms with van der Waals surface area (Å²) >= 11 is 2.58. The van der Waals surface area contributed by atoms with Gasteiger partial charge in [-0.2, -0.15) is 0 Å². The molecule has 9 heteroatoms. The number of hydrogen-bond donors (Lipinski definition) is 2. The van der Waals surface area contributed by atoms with Gasteiger partial charge in [-0.05, 0) is 35.4 Å². The van der Waals surface area contributed by atoms with E-state index in [4.69, 9.17) is 20.3 Å². The number of hydrogen-bond acceptors (Lipinski definition) is 9. The van der Waals surface area contributed by atoms with Gasteiger partial charge in [-0.15, -0.1) is 22.7 Å². The molecule has 38 heavy (non-hydrogen) atoms. The van der Waals surface area contributed by atoms with Gasteiger partial charge in [0.25, 0.3) is 0 Å². The van der Waals surface area contributed by atoms with Crippen LogP contribution in [0.15, 0.2) is 106 Å². The van der Waals surface area contributed by atoms with Gasteiger partial charge < -0.3 is 20.3 Å². The Morgan fingerprint density at radius 1 is 0.632 bits per heavy atom. The summed E-state index contributed by atoms with van der Waals surface area (Å²) in [4.78, 5) is 25.5. The van der Waals surface area contributed by atoms with Crippen molar-refractivity contribution in [2.75, 3.05) is 11.5 Å². The highest BCUT2D eigenvalue weighted by atomic mass is 32.1. The molecule has 188 valence electrons. The number of nitrogens with zero attached hydrogens (tertiary/aromatic N) is 2. The van der Waals surface area contributed by atoms with Crippen LogP contribution in [0.25, 0.3) is 22.9 Å². The lowest BCUT2D eigenvalue weighted by atomic mass is 9.81. The maximum Gasteiger partial charge on any atom is 0.180 e. The van der Waals surface area contributed by atoms with E-state index >= 15 is 0 Å². The van der Waals surface area contributed by atoms with Crippen LogP contribution in [-0.2, 0) is 4.79 Å². The fourth-order valence-electron chi connectivity index (χ4n) is 4.62. The summed E-state index contributed by atoms with van der Waals surface area (Å²) in [5.74, 6) is -0.309. The molecule has 6 aromatic rings. The molecule has 0 saturated heterocycles. The third-order valence-electron chi connectivity index (χ3n) is 6.21. The van der Waals surface area contributed by atoms with E-state index in [2.05, 4.69) is 9.97 Å². The second kappa shape index (κ2) is 10.1. The Morgan fingerprint density at radius 3 is 1.42 bits per heavy atom. The van der Waals surface area contributed by atoms with Gasteiger partial charge in [0.15, 0.2) is 27.6 Å². The Labute approximate surface area is 226 Å². The lowest BCUT2D eigenvalue weighted by molar-refractivity contribution is -0.120. The summed E-state index contributed by atoms with van der Waals surface area (Å²) in [7, 11) is 0. The van der Waals surface area contributed by atoms with Gasteiger partial charge in [0.05, 0.1) is 34.1 Å². The molecule has 7 nitrogen and oxygen atoms in total. The molecule has 2 aromatic carbocycles. The molecule has 4 heterocycles. The molecule has 4 aromatic heterocycles. The van der Waals surface area contributed by atoms with Gasteiger partial charge >= 0.3 is 0 Å². The van der Waals surface area contributed by atoms with E-state index in [1.165, 1.54) is 22.7 Å². The van der Waals surface area contributed by atoms with Crippen molar-refractivity contribution in [1.29, 1.82) is 0 Å². The Bertz CT molecular complexity index is 1530. The van der Waals surface area contributed by atoms with E-state index < -0.39 is 11.8 Å². The summed E-state index contributed by atoms with van der Waals surface area (Å²) in [6.07, 6.45) is 3.16. The second-order valence-electron chi connectivity index (χ2n) is 8.57. The fraction of sp³-hybridized carbons (Fsp3) is 0.0690. The zero-order valence-electron chi connectivity index (χ0n) is 20.0. The molecule has 0 fully saturated rings. The smallest absolute Gasteiger partial charge is 0.180 e. The van der Waals surface area contributed by atoms with Crippen LogP contribution >= 0.6 is 22.7 Å². The number of benzene rings is 2. The number of carbonyl (C=O) groups excluding carboxylic acids is 1. The molecule has 0 amide bonds. The van der Waals surface area contributed by atoms with Crippen LogP contribution in [0.3, 0.4) is 0 Å². The summed E-state index contributed by atoms with van der Waals surface area (Å²) < 4.78 is 11.4. The molecular formula is C29H22N4O3S2. The average Bonchev–Trinajstić information content (AvgIpc) is 3.74. The van der Waals surface area contributed by atoms with Gasteiger partial charge in [-0.1, -0.05) is 60.7 Å². The predicted octanol–water partition coefficient (Wildman–Crippen LogP) is 6.82. The number of carbonyl (C=O) groups is 1. The van der Waals surface area contributed by atoms with Crippen molar-refractivity contribution in [3.8, 4) is 22.9 Å². The number of rotatable bonds is 8. The third-order valence-corrected chi connectivity index (χ3v) is 8.11. The number of thiazole rings is 2. The molecule has 0 aliphatic rings. The van der Waals surface area contributed by atoms with Crippen molar-refractivity contribution in [3.05, 3.63) is 118 Å². The molecular weight excluding hydrogens is 516 g/mol. The first-order valence-corrected chi connectivity index (χ1v) is 13.5. The molecule has 0 saturated carbocycles. The average molecular weight is 539 g/mol. The van der Waals surface area contributed by atoms with Crippen LogP contribution in [0, 0.1) is 0 Å². The molecule has 4 N–H and O–H groups in total. The lowest BCUT2D eigenvalue weighted by Crippen LogP contribution is -2.22. The number of furan rings is 2. The number of aromatic nitrogens is 2. The second-order valence-corrected chi connectivity index (χ2v) is 10.7. The van der Waals surface area contributed by atoms with E-state index in [0.717, 1.165) is 11.1 Å². The molecule has 2 unspecified atom stereocenters. The predicted molar refractivity (Wildman–Crippen MR) is 150 cm³/mol. The Balaban J connectivity index is 1.57. The number of anilines is 2. The van der Waals surface area contributed by atoms with E-state index in [0.29, 0.717) is 42.9 Å². The minimum absolute atomic E-state index is 0.0599. The van der Waals surface area contributed by atoms with Crippen LogP contribution in [0.1, 0.15) is 32.7 Å². The minimum atomic E-state index is -0.677. The zero-order valence-corrected chi connectivity index (χ0v) is 21.6. The first kappa shape index (κ1) is 23.9. The zero-order chi connectivity index (χ0) is 26.1. The Kier molecular flexibility index (Phi) is 6.36. The lowest BCUT2D eigenvalue weighted by Gasteiger charge is -2.23. The Morgan fingerprint density at radius 2 is 1.05 bits per heavy atom. The van der Waals surface area contributed by atoms with Crippen LogP contribution in [-0.4, -0.2) is 15.8 Å². The quantitative estimate of drug-likeness (QED) is 0.218. The monoisotopic (exact) mass is 538 g/mol. The molecule has 0 aliphatic heterocycles. The number of ketones is 1. The molecule has 0 bridgehead atoms. The summed E-state index contributed by atoms with van der Waals surface area (Å²) in [6.45, 7) is 0. The van der Waals surface area contributed by atoms with E-state index in [1.54, 1.807) is 24.7 Å². The normalized spacial score (nSPS) is 12.8. The largest absolute Gasteiger partial charge is 0.463 e. The van der Waals surface area contributed by atoms with Gasteiger partial charge in [0, 0.05) is 0 Å². The summed E-state index contributed by atoms with van der Waals surface area (Å²) in [6, 6.07) is 26.5. The van der Waals surface area contributed by atoms with Crippen molar-refractivity contribution < 1.29 is 13.6 Å². The molecule has 0 radical (unpaired) electrons. The van der Waals surface area contributed by atoms with E-state index in [-0.39, 0.29) is 5.78 Å². The van der Waals surface area contributed by atoms with Crippen LogP contribution in [0.4, 0.5) is 10.3 Å². The first-order chi connectivity index (χ1) is 18.6. The molecule has 2 atom stereocenters. The highest BCUT2D eigenvalue weighted by Crippen LogP contribution is 2.46.